The molecule has 6 nitrogen and oxygen atoms in total. The number of sulfonamides is 1. The molecular formula is C20H28N2O4S. The van der Waals surface area contributed by atoms with E-state index in [4.69, 9.17) is 4.74 Å². The first-order valence-corrected chi connectivity index (χ1v) is 11.1. The van der Waals surface area contributed by atoms with Gasteiger partial charge in [-0.25, -0.2) is 13.1 Å². The molecular weight excluding hydrogens is 364 g/mol. The maximum absolute atomic E-state index is 12.6. The van der Waals surface area contributed by atoms with Gasteiger partial charge >= 0.3 is 0 Å². The summed E-state index contributed by atoms with van der Waals surface area (Å²) < 4.78 is 32.3. The predicted molar refractivity (Wildman–Crippen MR) is 106 cm³/mol. The van der Waals surface area contributed by atoms with Gasteiger partial charge in [0, 0.05) is 24.1 Å². The van der Waals surface area contributed by atoms with Crippen molar-refractivity contribution in [2.24, 2.45) is 5.92 Å². The number of anilines is 1. The number of hydrogen-bond donors (Lipinski definition) is 2. The van der Waals surface area contributed by atoms with Crippen molar-refractivity contribution in [3.63, 3.8) is 0 Å². The lowest BCUT2D eigenvalue weighted by molar-refractivity contribution is -0.120. The quantitative estimate of drug-likeness (QED) is 0.776. The van der Waals surface area contributed by atoms with Crippen LogP contribution in [0.4, 0.5) is 5.69 Å². The predicted octanol–water partition coefficient (Wildman–Crippen LogP) is 3.49. The van der Waals surface area contributed by atoms with Gasteiger partial charge in [0.05, 0.1) is 11.5 Å². The molecule has 0 aromatic heterocycles. The fourth-order valence-electron chi connectivity index (χ4n) is 3.50. The normalized spacial score (nSPS) is 25.4. The van der Waals surface area contributed by atoms with E-state index >= 15 is 0 Å². The molecule has 0 radical (unpaired) electrons. The Morgan fingerprint density at radius 1 is 1.19 bits per heavy atom. The largest absolute Gasteiger partial charge is 0.493 e. The molecule has 7 heteroatoms. The Labute approximate surface area is 161 Å². The highest BCUT2D eigenvalue weighted by atomic mass is 32.2. The molecule has 1 unspecified atom stereocenters. The summed E-state index contributed by atoms with van der Waals surface area (Å²) >= 11 is 0. The number of benzene rings is 1. The number of carbonyl (C=O) groups is 1. The van der Waals surface area contributed by atoms with E-state index < -0.39 is 15.3 Å². The van der Waals surface area contributed by atoms with Gasteiger partial charge in [0.25, 0.3) is 0 Å². The number of ether oxygens (including phenoxy) is 1. The van der Waals surface area contributed by atoms with Crippen molar-refractivity contribution >= 4 is 21.6 Å². The second-order valence-electron chi connectivity index (χ2n) is 7.61. The van der Waals surface area contributed by atoms with Crippen LogP contribution in [0, 0.1) is 5.92 Å². The van der Waals surface area contributed by atoms with E-state index in [2.05, 4.69) is 10.0 Å². The van der Waals surface area contributed by atoms with E-state index in [0.29, 0.717) is 25.7 Å². The topological polar surface area (TPSA) is 84.5 Å². The van der Waals surface area contributed by atoms with Gasteiger partial charge in [0.2, 0.25) is 15.9 Å². The molecule has 1 heterocycles. The van der Waals surface area contributed by atoms with Gasteiger partial charge in [-0.2, -0.15) is 0 Å². The number of rotatable bonds is 6. The van der Waals surface area contributed by atoms with Crippen LogP contribution in [-0.2, 0) is 19.6 Å². The zero-order valence-electron chi connectivity index (χ0n) is 15.9. The van der Waals surface area contributed by atoms with Crippen molar-refractivity contribution in [1.29, 1.82) is 0 Å². The molecule has 0 saturated heterocycles. The van der Waals surface area contributed by atoms with Crippen LogP contribution < -0.4 is 10.0 Å². The maximum Gasteiger partial charge on any atom is 0.227 e. The van der Waals surface area contributed by atoms with Crippen LogP contribution >= 0.6 is 0 Å². The van der Waals surface area contributed by atoms with Crippen molar-refractivity contribution in [1.82, 2.24) is 4.72 Å². The second-order valence-corrected chi connectivity index (χ2v) is 9.88. The highest BCUT2D eigenvalue weighted by Crippen LogP contribution is 2.30. The van der Waals surface area contributed by atoms with Crippen LogP contribution in [0.25, 0.3) is 0 Å². The van der Waals surface area contributed by atoms with Crippen LogP contribution in [0.5, 0.6) is 0 Å². The van der Waals surface area contributed by atoms with Crippen LogP contribution in [0.15, 0.2) is 36.6 Å². The van der Waals surface area contributed by atoms with E-state index in [9.17, 15) is 13.2 Å². The van der Waals surface area contributed by atoms with E-state index in [1.165, 1.54) is 0 Å². The lowest BCUT2D eigenvalue weighted by atomic mass is 9.86. The minimum atomic E-state index is -3.26. The molecule has 1 aliphatic carbocycles. The number of carbonyl (C=O) groups excluding carboxylic acids is 1. The van der Waals surface area contributed by atoms with Gasteiger partial charge in [0.15, 0.2) is 0 Å². The standard InChI is InChI=1S/C20H28N2O4S/c1-14(2)27(24,25)22-17-10-8-15(9-11-17)20(23)21-18-6-3-5-16(13-18)19-7-4-12-26-19/h3-6,12-15,17,19,22H,7-11H2,1-2H3,(H,21,23). The molecule has 148 valence electrons. The van der Waals surface area contributed by atoms with Crippen molar-refractivity contribution in [3.8, 4) is 0 Å². The summed E-state index contributed by atoms with van der Waals surface area (Å²) in [5.74, 6) is -0.0827. The van der Waals surface area contributed by atoms with Gasteiger partial charge in [-0.1, -0.05) is 12.1 Å². The Morgan fingerprint density at radius 3 is 2.56 bits per heavy atom. The fraction of sp³-hybridized carbons (Fsp3) is 0.550. The molecule has 2 aliphatic rings. The van der Waals surface area contributed by atoms with Gasteiger partial charge in [-0.05, 0) is 63.3 Å². The minimum Gasteiger partial charge on any atom is -0.493 e. The summed E-state index contributed by atoms with van der Waals surface area (Å²) in [5.41, 5.74) is 1.82. The number of nitrogens with one attached hydrogen (secondary N) is 2. The third kappa shape index (κ3) is 5.11. The Morgan fingerprint density at radius 2 is 1.93 bits per heavy atom. The van der Waals surface area contributed by atoms with Crippen LogP contribution in [0.2, 0.25) is 0 Å². The fourth-order valence-corrected chi connectivity index (χ4v) is 4.48. The van der Waals surface area contributed by atoms with E-state index in [0.717, 1.165) is 17.7 Å². The first kappa shape index (κ1) is 19.9. The monoisotopic (exact) mass is 392 g/mol. The smallest absolute Gasteiger partial charge is 0.227 e. The summed E-state index contributed by atoms with van der Waals surface area (Å²) in [6.07, 6.45) is 7.31. The molecule has 1 aromatic rings. The summed E-state index contributed by atoms with van der Waals surface area (Å²) in [6, 6.07) is 7.69. The lowest BCUT2D eigenvalue weighted by Crippen LogP contribution is -2.42. The first-order chi connectivity index (χ1) is 12.8. The summed E-state index contributed by atoms with van der Waals surface area (Å²) in [7, 11) is -3.26. The Bertz CT molecular complexity index is 788. The third-order valence-electron chi connectivity index (χ3n) is 5.26. The van der Waals surface area contributed by atoms with E-state index in [-0.39, 0.29) is 24.0 Å². The lowest BCUT2D eigenvalue weighted by Gasteiger charge is -2.28. The van der Waals surface area contributed by atoms with E-state index in [1.54, 1.807) is 20.1 Å². The molecule has 1 atom stereocenters. The summed E-state index contributed by atoms with van der Waals surface area (Å²) in [5, 5.41) is 2.56. The molecule has 1 fully saturated rings. The summed E-state index contributed by atoms with van der Waals surface area (Å²) in [6.45, 7) is 3.34. The molecule has 3 rings (SSSR count). The molecule has 27 heavy (non-hydrogen) atoms. The Hall–Kier alpha value is -1.86. The molecule has 1 saturated carbocycles. The average Bonchev–Trinajstić information content (AvgIpc) is 3.17. The molecule has 0 spiro atoms. The molecule has 0 bridgehead atoms. The van der Waals surface area contributed by atoms with Gasteiger partial charge in [0.1, 0.15) is 6.10 Å². The molecule has 2 N–H and O–H groups in total. The summed E-state index contributed by atoms with van der Waals surface area (Å²) in [4.78, 5) is 12.6. The minimum absolute atomic E-state index is 0.00258. The van der Waals surface area contributed by atoms with Crippen LogP contribution in [0.1, 0.15) is 57.6 Å². The average molecular weight is 393 g/mol. The van der Waals surface area contributed by atoms with Gasteiger partial charge < -0.3 is 10.1 Å². The van der Waals surface area contributed by atoms with Gasteiger partial charge in [-0.15, -0.1) is 0 Å². The van der Waals surface area contributed by atoms with Crippen molar-refractivity contribution < 1.29 is 17.9 Å². The Kier molecular flexibility index (Phi) is 6.22. The zero-order chi connectivity index (χ0) is 19.4. The van der Waals surface area contributed by atoms with Crippen LogP contribution in [-0.4, -0.2) is 25.6 Å². The zero-order valence-corrected chi connectivity index (χ0v) is 16.7. The second kappa shape index (κ2) is 8.44. The van der Waals surface area contributed by atoms with Crippen molar-refractivity contribution in [3.05, 3.63) is 42.2 Å². The van der Waals surface area contributed by atoms with E-state index in [1.807, 2.05) is 30.3 Å². The van der Waals surface area contributed by atoms with Gasteiger partial charge in [-0.3, -0.25) is 4.79 Å². The first-order valence-electron chi connectivity index (χ1n) is 9.57. The van der Waals surface area contributed by atoms with Crippen molar-refractivity contribution in [2.75, 3.05) is 5.32 Å². The number of hydrogen-bond acceptors (Lipinski definition) is 4. The highest BCUT2D eigenvalue weighted by molar-refractivity contribution is 7.90. The third-order valence-corrected chi connectivity index (χ3v) is 7.17. The Balaban J connectivity index is 1.52. The van der Waals surface area contributed by atoms with Crippen LogP contribution in [0.3, 0.4) is 0 Å². The van der Waals surface area contributed by atoms with Crippen molar-refractivity contribution in [2.45, 2.75) is 63.3 Å². The molecule has 1 amide bonds. The SMILES string of the molecule is CC(C)S(=O)(=O)NC1CCC(C(=O)Nc2cccc(C3CC=CO3)c2)CC1. The maximum atomic E-state index is 12.6. The highest BCUT2D eigenvalue weighted by Gasteiger charge is 2.29. The number of amides is 1. The molecule has 1 aliphatic heterocycles. The molecule has 1 aromatic carbocycles.